The second-order valence-electron chi connectivity index (χ2n) is 4.33. The fourth-order valence-corrected chi connectivity index (χ4v) is 2.00. The van der Waals surface area contributed by atoms with Gasteiger partial charge in [0.05, 0.1) is 12.4 Å². The van der Waals surface area contributed by atoms with E-state index >= 15 is 0 Å². The predicted molar refractivity (Wildman–Crippen MR) is 75.9 cm³/mol. The van der Waals surface area contributed by atoms with Crippen LogP contribution in [0.5, 0.6) is 0 Å². The summed E-state index contributed by atoms with van der Waals surface area (Å²) in [7, 11) is 0. The van der Waals surface area contributed by atoms with Gasteiger partial charge in [-0.1, -0.05) is 23.2 Å². The van der Waals surface area contributed by atoms with Gasteiger partial charge in [-0.3, -0.25) is 9.78 Å². The molecular formula is C14H10ClN3O2. The number of carbonyl (C=O) groups excluding carboxylic acids is 1. The Morgan fingerprint density at radius 2 is 2.15 bits per heavy atom. The van der Waals surface area contributed by atoms with Crippen molar-refractivity contribution in [3.05, 3.63) is 53.1 Å². The molecule has 100 valence electrons. The Bertz CT molecular complexity index is 798. The van der Waals surface area contributed by atoms with Crippen LogP contribution in [-0.2, 0) is 0 Å². The minimum absolute atomic E-state index is 0.211. The van der Waals surface area contributed by atoms with E-state index in [-0.39, 0.29) is 16.7 Å². The van der Waals surface area contributed by atoms with Gasteiger partial charge in [-0.15, -0.1) is 0 Å². The van der Waals surface area contributed by atoms with E-state index in [4.69, 9.17) is 16.0 Å². The molecule has 2 aromatic heterocycles. The number of halogens is 1. The second kappa shape index (κ2) is 4.94. The molecular weight excluding hydrogens is 278 g/mol. The summed E-state index contributed by atoms with van der Waals surface area (Å²) < 4.78 is 5.49. The van der Waals surface area contributed by atoms with Crippen LogP contribution in [0.15, 0.2) is 41.1 Å². The predicted octanol–water partition coefficient (Wildman–Crippen LogP) is 3.44. The summed E-state index contributed by atoms with van der Waals surface area (Å²) in [6, 6.07) is 7.40. The summed E-state index contributed by atoms with van der Waals surface area (Å²) in [5.41, 5.74) is 1.77. The number of hydrogen-bond acceptors (Lipinski definition) is 4. The normalized spacial score (nSPS) is 10.7. The highest BCUT2D eigenvalue weighted by Crippen LogP contribution is 2.21. The highest BCUT2D eigenvalue weighted by molar-refractivity contribution is 6.29. The highest BCUT2D eigenvalue weighted by Gasteiger charge is 2.13. The monoisotopic (exact) mass is 287 g/mol. The van der Waals surface area contributed by atoms with E-state index in [0.717, 1.165) is 10.9 Å². The molecule has 0 unspecified atom stereocenters. The van der Waals surface area contributed by atoms with Gasteiger partial charge in [-0.2, -0.15) is 0 Å². The number of nitrogens with zero attached hydrogens (tertiary/aromatic N) is 2. The van der Waals surface area contributed by atoms with E-state index in [2.05, 4.69) is 15.3 Å². The molecule has 1 amide bonds. The fourth-order valence-electron chi connectivity index (χ4n) is 1.86. The van der Waals surface area contributed by atoms with Crippen molar-refractivity contribution in [3.63, 3.8) is 0 Å². The van der Waals surface area contributed by atoms with Crippen LogP contribution in [0, 0.1) is 6.92 Å². The van der Waals surface area contributed by atoms with Gasteiger partial charge in [0.1, 0.15) is 10.7 Å². The zero-order valence-corrected chi connectivity index (χ0v) is 11.3. The molecule has 0 spiro atoms. The molecule has 0 saturated carbocycles. The first kappa shape index (κ1) is 12.6. The van der Waals surface area contributed by atoms with E-state index in [1.165, 1.54) is 12.4 Å². The number of aromatic nitrogens is 2. The Morgan fingerprint density at radius 1 is 1.30 bits per heavy atom. The van der Waals surface area contributed by atoms with E-state index in [1.54, 1.807) is 6.07 Å². The maximum atomic E-state index is 12.1. The molecule has 0 bridgehead atoms. The quantitative estimate of drug-likeness (QED) is 0.784. The van der Waals surface area contributed by atoms with Crippen molar-refractivity contribution in [2.45, 2.75) is 6.92 Å². The number of rotatable bonds is 2. The first-order chi connectivity index (χ1) is 9.61. The van der Waals surface area contributed by atoms with Gasteiger partial charge < -0.3 is 9.73 Å². The lowest BCUT2D eigenvalue weighted by Gasteiger charge is -2.00. The Morgan fingerprint density at radius 3 is 2.95 bits per heavy atom. The first-order valence-electron chi connectivity index (χ1n) is 5.91. The van der Waals surface area contributed by atoms with Gasteiger partial charge >= 0.3 is 0 Å². The second-order valence-corrected chi connectivity index (χ2v) is 4.72. The van der Waals surface area contributed by atoms with Gasteiger partial charge in [0.25, 0.3) is 5.91 Å². The molecule has 20 heavy (non-hydrogen) atoms. The molecule has 1 aromatic carbocycles. The van der Waals surface area contributed by atoms with Crippen molar-refractivity contribution in [2.24, 2.45) is 0 Å². The first-order valence-corrected chi connectivity index (χ1v) is 6.29. The van der Waals surface area contributed by atoms with Crippen molar-refractivity contribution in [3.8, 4) is 0 Å². The Balaban J connectivity index is 1.88. The molecule has 0 aliphatic rings. The van der Waals surface area contributed by atoms with Crippen LogP contribution in [0.25, 0.3) is 11.0 Å². The molecule has 5 nitrogen and oxygen atoms in total. The SMILES string of the molecule is Cc1ccc2oc(C(=O)Nc3cncc(Cl)n3)cc2c1. The average molecular weight is 288 g/mol. The van der Waals surface area contributed by atoms with Crippen LogP contribution in [-0.4, -0.2) is 15.9 Å². The number of nitrogens with one attached hydrogen (secondary N) is 1. The van der Waals surface area contributed by atoms with Crippen LogP contribution in [0.1, 0.15) is 16.1 Å². The Labute approximate surface area is 119 Å². The lowest BCUT2D eigenvalue weighted by molar-refractivity contribution is 0.0998. The number of furan rings is 1. The standard InChI is InChI=1S/C14H10ClN3O2/c1-8-2-3-10-9(4-8)5-11(20-10)14(19)18-13-7-16-6-12(15)17-13/h2-7H,1H3,(H,17,18,19). The van der Waals surface area contributed by atoms with Gasteiger partial charge in [0.2, 0.25) is 0 Å². The number of hydrogen-bond donors (Lipinski definition) is 1. The summed E-state index contributed by atoms with van der Waals surface area (Å²) in [6.07, 6.45) is 2.80. The molecule has 0 radical (unpaired) electrons. The number of carbonyl (C=O) groups is 1. The van der Waals surface area contributed by atoms with Crippen LogP contribution in [0.2, 0.25) is 5.15 Å². The third-order valence-corrected chi connectivity index (χ3v) is 2.92. The Kier molecular flexibility index (Phi) is 3.12. The van der Waals surface area contributed by atoms with Crippen molar-refractivity contribution in [1.29, 1.82) is 0 Å². The molecule has 3 rings (SSSR count). The largest absolute Gasteiger partial charge is 0.451 e. The minimum Gasteiger partial charge on any atom is -0.451 e. The topological polar surface area (TPSA) is 68.0 Å². The summed E-state index contributed by atoms with van der Waals surface area (Å²) in [6.45, 7) is 1.98. The smallest absolute Gasteiger partial charge is 0.292 e. The summed E-state index contributed by atoms with van der Waals surface area (Å²) in [4.78, 5) is 19.8. The van der Waals surface area contributed by atoms with Crippen LogP contribution >= 0.6 is 11.6 Å². The van der Waals surface area contributed by atoms with Crippen LogP contribution < -0.4 is 5.32 Å². The highest BCUT2D eigenvalue weighted by atomic mass is 35.5. The van der Waals surface area contributed by atoms with Gasteiger partial charge in [0, 0.05) is 5.39 Å². The van der Waals surface area contributed by atoms with E-state index < -0.39 is 5.91 Å². The maximum Gasteiger partial charge on any atom is 0.292 e. The summed E-state index contributed by atoms with van der Waals surface area (Å²) in [5.74, 6) is 0.0990. The maximum absolute atomic E-state index is 12.1. The van der Waals surface area contributed by atoms with Gasteiger partial charge in [-0.25, -0.2) is 4.98 Å². The molecule has 0 atom stereocenters. The molecule has 6 heteroatoms. The summed E-state index contributed by atoms with van der Waals surface area (Å²) in [5, 5.41) is 3.68. The zero-order chi connectivity index (χ0) is 14.1. The molecule has 0 aliphatic heterocycles. The third kappa shape index (κ3) is 2.48. The van der Waals surface area contributed by atoms with E-state index in [1.807, 2.05) is 25.1 Å². The van der Waals surface area contributed by atoms with Gasteiger partial charge in [-0.05, 0) is 25.1 Å². The van der Waals surface area contributed by atoms with Crippen molar-refractivity contribution >= 4 is 34.3 Å². The third-order valence-electron chi connectivity index (χ3n) is 2.74. The number of aryl methyl sites for hydroxylation is 1. The average Bonchev–Trinajstić information content (AvgIpc) is 2.81. The van der Waals surface area contributed by atoms with Crippen molar-refractivity contribution in [2.75, 3.05) is 5.32 Å². The van der Waals surface area contributed by atoms with Crippen molar-refractivity contribution in [1.82, 2.24) is 9.97 Å². The molecule has 0 saturated heterocycles. The van der Waals surface area contributed by atoms with E-state index in [0.29, 0.717) is 5.58 Å². The molecule has 1 N–H and O–H groups in total. The van der Waals surface area contributed by atoms with E-state index in [9.17, 15) is 4.79 Å². The zero-order valence-electron chi connectivity index (χ0n) is 10.6. The van der Waals surface area contributed by atoms with Crippen LogP contribution in [0.3, 0.4) is 0 Å². The fraction of sp³-hybridized carbons (Fsp3) is 0.0714. The Hall–Kier alpha value is -2.40. The minimum atomic E-state index is -0.393. The lowest BCUT2D eigenvalue weighted by Crippen LogP contribution is -2.12. The van der Waals surface area contributed by atoms with Crippen LogP contribution in [0.4, 0.5) is 5.82 Å². The molecule has 0 fully saturated rings. The number of benzene rings is 1. The number of amides is 1. The molecule has 0 aliphatic carbocycles. The van der Waals surface area contributed by atoms with Crippen molar-refractivity contribution < 1.29 is 9.21 Å². The van der Waals surface area contributed by atoms with Gasteiger partial charge in [0.15, 0.2) is 11.6 Å². The lowest BCUT2D eigenvalue weighted by atomic mass is 10.2. The number of fused-ring (bicyclic) bond motifs is 1. The molecule has 2 heterocycles. The summed E-state index contributed by atoms with van der Waals surface area (Å²) >= 11 is 5.71. The molecule has 3 aromatic rings. The number of anilines is 1.